The molecular weight excluding hydrogens is 228 g/mol. The van der Waals surface area contributed by atoms with Crippen molar-refractivity contribution in [2.24, 2.45) is 0 Å². The van der Waals surface area contributed by atoms with Crippen molar-refractivity contribution in [3.8, 4) is 17.6 Å². The number of benzene rings is 1. The molecule has 0 bridgehead atoms. The van der Waals surface area contributed by atoms with Gasteiger partial charge in [0.2, 0.25) is 0 Å². The Bertz CT molecular complexity index is 608. The molecule has 1 aromatic carbocycles. The minimum atomic E-state index is 0.507. The van der Waals surface area contributed by atoms with Crippen LogP contribution < -0.4 is 9.47 Å². The van der Waals surface area contributed by atoms with Crippen molar-refractivity contribution in [2.75, 3.05) is 14.2 Å². The van der Waals surface area contributed by atoms with Crippen LogP contribution in [0.3, 0.4) is 0 Å². The molecule has 0 amide bonds. The predicted octanol–water partition coefficient (Wildman–Crippen LogP) is 2.95. The van der Waals surface area contributed by atoms with Gasteiger partial charge in [-0.1, -0.05) is 0 Å². The number of nitrogens with zero attached hydrogens (tertiary/aromatic N) is 1. The van der Waals surface area contributed by atoms with Gasteiger partial charge in [-0.15, -0.1) is 0 Å². The number of rotatable bonds is 4. The topological polar surface area (TPSA) is 58.0 Å². The Balaban J connectivity index is 2.64. The van der Waals surface area contributed by atoms with Gasteiger partial charge in [-0.05, 0) is 25.0 Å². The fraction of sp³-hybridized carbons (Fsp3) is 0.357. The van der Waals surface area contributed by atoms with E-state index in [4.69, 9.17) is 14.7 Å². The number of hydrogen-bond donors (Lipinski definition) is 1. The normalized spacial score (nSPS) is 10.3. The van der Waals surface area contributed by atoms with E-state index in [0.29, 0.717) is 6.42 Å². The lowest BCUT2D eigenvalue weighted by atomic mass is 10.1. The van der Waals surface area contributed by atoms with Crippen LogP contribution in [0.1, 0.15) is 17.7 Å². The van der Waals surface area contributed by atoms with Gasteiger partial charge in [0, 0.05) is 23.6 Å². The van der Waals surface area contributed by atoms with Crippen LogP contribution in [0.25, 0.3) is 10.9 Å². The summed E-state index contributed by atoms with van der Waals surface area (Å²) in [5.74, 6) is 1.52. The standard InChI is InChI=1S/C14H16N2O2/c1-9-11(5-4-6-15)12-7-10(17-2)8-13(18-3)14(12)16-9/h7-8,16H,4-5H2,1-3H3. The fourth-order valence-electron chi connectivity index (χ4n) is 2.20. The summed E-state index contributed by atoms with van der Waals surface area (Å²) in [6.45, 7) is 2.01. The summed E-state index contributed by atoms with van der Waals surface area (Å²) >= 11 is 0. The maximum atomic E-state index is 8.72. The lowest BCUT2D eigenvalue weighted by molar-refractivity contribution is 0.397. The van der Waals surface area contributed by atoms with Gasteiger partial charge in [0.25, 0.3) is 0 Å². The van der Waals surface area contributed by atoms with Crippen LogP contribution >= 0.6 is 0 Å². The van der Waals surface area contributed by atoms with Gasteiger partial charge in [0.1, 0.15) is 11.5 Å². The van der Waals surface area contributed by atoms with Crippen LogP contribution in [-0.4, -0.2) is 19.2 Å². The zero-order valence-electron chi connectivity index (χ0n) is 10.8. The van der Waals surface area contributed by atoms with Gasteiger partial charge >= 0.3 is 0 Å². The molecule has 0 aliphatic heterocycles. The Morgan fingerprint density at radius 1 is 1.28 bits per heavy atom. The van der Waals surface area contributed by atoms with Crippen LogP contribution in [0, 0.1) is 18.3 Å². The first-order chi connectivity index (χ1) is 8.71. The van der Waals surface area contributed by atoms with E-state index in [2.05, 4.69) is 11.1 Å². The number of nitriles is 1. The second-order valence-corrected chi connectivity index (χ2v) is 4.14. The van der Waals surface area contributed by atoms with Crippen molar-refractivity contribution in [3.05, 3.63) is 23.4 Å². The maximum Gasteiger partial charge on any atom is 0.146 e. The van der Waals surface area contributed by atoms with Crippen molar-refractivity contribution in [2.45, 2.75) is 19.8 Å². The third-order valence-corrected chi connectivity index (χ3v) is 3.11. The molecule has 0 saturated carbocycles. The minimum Gasteiger partial charge on any atom is -0.497 e. The Kier molecular flexibility index (Phi) is 3.42. The number of aryl methyl sites for hydroxylation is 2. The molecule has 0 spiro atoms. The van der Waals surface area contributed by atoms with Gasteiger partial charge in [0.05, 0.1) is 25.8 Å². The summed E-state index contributed by atoms with van der Waals surface area (Å²) in [4.78, 5) is 3.32. The van der Waals surface area contributed by atoms with Crippen molar-refractivity contribution in [3.63, 3.8) is 0 Å². The molecule has 0 fully saturated rings. The third-order valence-electron chi connectivity index (χ3n) is 3.11. The molecule has 2 rings (SSSR count). The number of H-pyrrole nitrogens is 1. The molecule has 1 heterocycles. The van der Waals surface area contributed by atoms with Crippen LogP contribution in [-0.2, 0) is 6.42 Å². The Morgan fingerprint density at radius 2 is 2.06 bits per heavy atom. The molecule has 94 valence electrons. The summed E-state index contributed by atoms with van der Waals surface area (Å²) in [6, 6.07) is 6.01. The van der Waals surface area contributed by atoms with Gasteiger partial charge in [-0.3, -0.25) is 0 Å². The van der Waals surface area contributed by atoms with E-state index in [-0.39, 0.29) is 0 Å². The summed E-state index contributed by atoms with van der Waals surface area (Å²) < 4.78 is 10.6. The Hall–Kier alpha value is -2.15. The molecule has 0 saturated heterocycles. The second-order valence-electron chi connectivity index (χ2n) is 4.14. The molecule has 0 unspecified atom stereocenters. The average molecular weight is 244 g/mol. The quantitative estimate of drug-likeness (QED) is 0.899. The maximum absolute atomic E-state index is 8.72. The number of aromatic nitrogens is 1. The van der Waals surface area contributed by atoms with Crippen LogP contribution in [0.15, 0.2) is 12.1 Å². The first-order valence-electron chi connectivity index (χ1n) is 5.81. The van der Waals surface area contributed by atoms with E-state index in [1.165, 1.54) is 0 Å². The van der Waals surface area contributed by atoms with Crippen molar-refractivity contribution >= 4 is 10.9 Å². The smallest absolute Gasteiger partial charge is 0.146 e. The molecular formula is C14H16N2O2. The molecule has 0 aliphatic carbocycles. The van der Waals surface area contributed by atoms with Gasteiger partial charge < -0.3 is 14.5 Å². The molecule has 4 heteroatoms. The van der Waals surface area contributed by atoms with Crippen molar-refractivity contribution in [1.29, 1.82) is 5.26 Å². The monoisotopic (exact) mass is 244 g/mol. The number of fused-ring (bicyclic) bond motifs is 1. The van der Waals surface area contributed by atoms with Crippen molar-refractivity contribution in [1.82, 2.24) is 4.98 Å². The molecule has 18 heavy (non-hydrogen) atoms. The largest absolute Gasteiger partial charge is 0.497 e. The highest BCUT2D eigenvalue weighted by Crippen LogP contribution is 2.34. The summed E-state index contributed by atoms with van der Waals surface area (Å²) in [5.41, 5.74) is 3.19. The Labute approximate surface area is 106 Å². The number of ether oxygens (including phenoxy) is 2. The predicted molar refractivity (Wildman–Crippen MR) is 70.1 cm³/mol. The van der Waals surface area contributed by atoms with E-state index < -0.39 is 0 Å². The fourth-order valence-corrected chi connectivity index (χ4v) is 2.20. The zero-order valence-corrected chi connectivity index (χ0v) is 10.8. The number of nitrogens with one attached hydrogen (secondary N) is 1. The lowest BCUT2D eigenvalue weighted by Crippen LogP contribution is -1.89. The molecule has 2 aromatic rings. The first-order valence-corrected chi connectivity index (χ1v) is 5.81. The molecule has 1 N–H and O–H groups in total. The van der Waals surface area contributed by atoms with Crippen LogP contribution in [0.2, 0.25) is 0 Å². The molecule has 0 aliphatic rings. The average Bonchev–Trinajstić information content (AvgIpc) is 2.71. The lowest BCUT2D eigenvalue weighted by Gasteiger charge is -2.06. The van der Waals surface area contributed by atoms with E-state index >= 15 is 0 Å². The van der Waals surface area contributed by atoms with Gasteiger partial charge in [-0.2, -0.15) is 5.26 Å². The number of methoxy groups -OCH3 is 2. The summed E-state index contributed by atoms with van der Waals surface area (Å²) in [6.07, 6.45) is 1.24. The van der Waals surface area contributed by atoms with Crippen LogP contribution in [0.4, 0.5) is 0 Å². The highest BCUT2D eigenvalue weighted by molar-refractivity contribution is 5.91. The first kappa shape index (κ1) is 12.3. The number of aromatic amines is 1. The van der Waals surface area contributed by atoms with Gasteiger partial charge in [-0.25, -0.2) is 0 Å². The SMILES string of the molecule is COc1cc(OC)c2[nH]c(C)c(CCC#N)c2c1. The molecule has 1 aromatic heterocycles. The van der Waals surface area contributed by atoms with E-state index in [9.17, 15) is 0 Å². The highest BCUT2D eigenvalue weighted by atomic mass is 16.5. The van der Waals surface area contributed by atoms with E-state index in [1.54, 1.807) is 14.2 Å². The Morgan fingerprint density at radius 3 is 2.67 bits per heavy atom. The summed E-state index contributed by atoms with van der Waals surface area (Å²) in [5, 5.41) is 9.79. The molecule has 4 nitrogen and oxygen atoms in total. The summed E-state index contributed by atoms with van der Waals surface area (Å²) in [7, 11) is 3.27. The van der Waals surface area contributed by atoms with E-state index in [1.807, 2.05) is 19.1 Å². The van der Waals surface area contributed by atoms with Gasteiger partial charge in [0.15, 0.2) is 0 Å². The number of hydrogen-bond acceptors (Lipinski definition) is 3. The second kappa shape index (κ2) is 5.01. The van der Waals surface area contributed by atoms with Crippen molar-refractivity contribution < 1.29 is 9.47 Å². The molecule has 0 atom stereocenters. The minimum absolute atomic E-state index is 0.507. The third kappa shape index (κ3) is 2.00. The molecule has 0 radical (unpaired) electrons. The van der Waals surface area contributed by atoms with Crippen LogP contribution in [0.5, 0.6) is 11.5 Å². The zero-order chi connectivity index (χ0) is 13.1. The highest BCUT2D eigenvalue weighted by Gasteiger charge is 2.13. The van der Waals surface area contributed by atoms with E-state index in [0.717, 1.165) is 40.1 Å².